The van der Waals surface area contributed by atoms with Gasteiger partial charge in [-0.25, -0.2) is 0 Å². The van der Waals surface area contributed by atoms with Crippen LogP contribution in [0.2, 0.25) is 0 Å². The van der Waals surface area contributed by atoms with E-state index in [0.717, 1.165) is 0 Å². The normalized spacial score (nSPS) is 10.9. The Bertz CT molecular complexity index is 141. The lowest BCUT2D eigenvalue weighted by molar-refractivity contribution is -0.116. The molecule has 0 heterocycles. The predicted molar refractivity (Wildman–Crippen MR) is 44.1 cm³/mol. The van der Waals surface area contributed by atoms with Crippen molar-refractivity contribution >= 4 is 5.91 Å². The van der Waals surface area contributed by atoms with Crippen LogP contribution in [0.5, 0.6) is 0 Å². The lowest BCUT2D eigenvalue weighted by Crippen LogP contribution is -2.28. The van der Waals surface area contributed by atoms with E-state index < -0.39 is 0 Å². The Labute approximate surface area is 67.1 Å². The SMILES string of the molecule is CC(C)NC(=O)/C=C\CCO. The van der Waals surface area contributed by atoms with Gasteiger partial charge in [-0.2, -0.15) is 0 Å². The Morgan fingerprint density at radius 3 is 2.73 bits per heavy atom. The minimum absolute atomic E-state index is 0.0887. The van der Waals surface area contributed by atoms with Crippen LogP contribution in [-0.4, -0.2) is 23.7 Å². The summed E-state index contributed by atoms with van der Waals surface area (Å²) in [5.74, 6) is -0.103. The Hall–Kier alpha value is -0.830. The van der Waals surface area contributed by atoms with Gasteiger partial charge in [0.05, 0.1) is 0 Å². The molecule has 0 saturated carbocycles. The van der Waals surface area contributed by atoms with Gasteiger partial charge in [-0.1, -0.05) is 6.08 Å². The second kappa shape index (κ2) is 5.92. The fraction of sp³-hybridized carbons (Fsp3) is 0.625. The fourth-order valence-electron chi connectivity index (χ4n) is 0.598. The van der Waals surface area contributed by atoms with Crippen molar-refractivity contribution < 1.29 is 9.90 Å². The molecular weight excluding hydrogens is 142 g/mol. The summed E-state index contributed by atoms with van der Waals surface area (Å²) in [6, 6.07) is 0.168. The van der Waals surface area contributed by atoms with Gasteiger partial charge in [-0.3, -0.25) is 4.79 Å². The third kappa shape index (κ3) is 7.06. The van der Waals surface area contributed by atoms with Crippen LogP contribution < -0.4 is 5.32 Å². The Kier molecular flexibility index (Phi) is 5.47. The summed E-state index contributed by atoms with van der Waals surface area (Å²) in [5, 5.41) is 11.1. The van der Waals surface area contributed by atoms with E-state index in [4.69, 9.17) is 5.11 Å². The molecule has 2 N–H and O–H groups in total. The van der Waals surface area contributed by atoms with Crippen molar-refractivity contribution in [2.45, 2.75) is 26.3 Å². The maximum atomic E-state index is 10.8. The smallest absolute Gasteiger partial charge is 0.243 e. The first-order valence-electron chi connectivity index (χ1n) is 3.74. The molecule has 0 aliphatic carbocycles. The number of hydrogen-bond acceptors (Lipinski definition) is 2. The largest absolute Gasteiger partial charge is 0.396 e. The molecule has 0 aromatic rings. The number of carbonyl (C=O) groups excluding carboxylic acids is 1. The summed E-state index contributed by atoms with van der Waals surface area (Å²) in [6.07, 6.45) is 3.62. The molecule has 64 valence electrons. The molecule has 11 heavy (non-hydrogen) atoms. The van der Waals surface area contributed by atoms with Crippen LogP contribution >= 0.6 is 0 Å². The van der Waals surface area contributed by atoms with Gasteiger partial charge in [0.2, 0.25) is 5.91 Å². The summed E-state index contributed by atoms with van der Waals surface area (Å²) >= 11 is 0. The average molecular weight is 157 g/mol. The van der Waals surface area contributed by atoms with E-state index in [1.807, 2.05) is 13.8 Å². The highest BCUT2D eigenvalue weighted by atomic mass is 16.2. The maximum absolute atomic E-state index is 10.8. The fourth-order valence-corrected chi connectivity index (χ4v) is 0.598. The molecule has 0 atom stereocenters. The van der Waals surface area contributed by atoms with Crippen molar-refractivity contribution in [1.29, 1.82) is 0 Å². The Morgan fingerprint density at radius 1 is 1.64 bits per heavy atom. The van der Waals surface area contributed by atoms with Crippen molar-refractivity contribution in [3.63, 3.8) is 0 Å². The average Bonchev–Trinajstić information content (AvgIpc) is 1.86. The predicted octanol–water partition coefficient (Wildman–Crippen LogP) is 0.450. The molecule has 0 spiro atoms. The van der Waals surface area contributed by atoms with Crippen molar-refractivity contribution in [3.05, 3.63) is 12.2 Å². The van der Waals surface area contributed by atoms with E-state index in [9.17, 15) is 4.79 Å². The molecule has 1 amide bonds. The molecule has 0 unspecified atom stereocenters. The Morgan fingerprint density at radius 2 is 2.27 bits per heavy atom. The summed E-state index contributed by atoms with van der Waals surface area (Å²) in [7, 11) is 0. The number of carbonyl (C=O) groups is 1. The number of nitrogens with one attached hydrogen (secondary N) is 1. The monoisotopic (exact) mass is 157 g/mol. The number of hydrogen-bond donors (Lipinski definition) is 2. The second-order valence-electron chi connectivity index (χ2n) is 2.58. The molecule has 0 aliphatic rings. The van der Waals surface area contributed by atoms with Gasteiger partial charge < -0.3 is 10.4 Å². The minimum Gasteiger partial charge on any atom is -0.396 e. The molecule has 0 aromatic carbocycles. The third-order valence-electron chi connectivity index (χ3n) is 0.996. The Balaban J connectivity index is 3.51. The number of aliphatic hydroxyl groups excluding tert-OH is 1. The first-order valence-corrected chi connectivity index (χ1v) is 3.74. The topological polar surface area (TPSA) is 49.3 Å². The van der Waals surface area contributed by atoms with Crippen molar-refractivity contribution in [2.75, 3.05) is 6.61 Å². The van der Waals surface area contributed by atoms with E-state index in [1.165, 1.54) is 6.08 Å². The van der Waals surface area contributed by atoms with Crippen LogP contribution in [-0.2, 0) is 4.79 Å². The third-order valence-corrected chi connectivity index (χ3v) is 0.996. The lowest BCUT2D eigenvalue weighted by Gasteiger charge is -2.03. The van der Waals surface area contributed by atoms with Crippen LogP contribution in [0.1, 0.15) is 20.3 Å². The lowest BCUT2D eigenvalue weighted by atomic mass is 10.3. The zero-order chi connectivity index (χ0) is 8.69. The molecule has 0 aliphatic heterocycles. The van der Waals surface area contributed by atoms with Crippen LogP contribution in [0.3, 0.4) is 0 Å². The van der Waals surface area contributed by atoms with Crippen LogP contribution in [0, 0.1) is 0 Å². The van der Waals surface area contributed by atoms with Crippen molar-refractivity contribution in [2.24, 2.45) is 0 Å². The molecule has 0 radical (unpaired) electrons. The first-order chi connectivity index (χ1) is 5.16. The summed E-state index contributed by atoms with van der Waals surface area (Å²) in [4.78, 5) is 10.8. The van der Waals surface area contributed by atoms with Gasteiger partial charge in [-0.05, 0) is 26.3 Å². The summed E-state index contributed by atoms with van der Waals surface area (Å²) in [6.45, 7) is 3.89. The molecule has 0 fully saturated rings. The van der Waals surface area contributed by atoms with E-state index in [-0.39, 0.29) is 18.6 Å². The van der Waals surface area contributed by atoms with Gasteiger partial charge in [0, 0.05) is 12.6 Å². The maximum Gasteiger partial charge on any atom is 0.243 e. The van der Waals surface area contributed by atoms with Gasteiger partial charge >= 0.3 is 0 Å². The molecule has 0 aromatic heterocycles. The van der Waals surface area contributed by atoms with E-state index in [2.05, 4.69) is 5.32 Å². The highest BCUT2D eigenvalue weighted by Crippen LogP contribution is 1.82. The van der Waals surface area contributed by atoms with E-state index in [1.54, 1.807) is 6.08 Å². The van der Waals surface area contributed by atoms with Gasteiger partial charge in [0.1, 0.15) is 0 Å². The quantitative estimate of drug-likeness (QED) is 0.582. The van der Waals surface area contributed by atoms with Crippen molar-refractivity contribution in [1.82, 2.24) is 5.32 Å². The number of amides is 1. The first kappa shape index (κ1) is 10.2. The second-order valence-corrected chi connectivity index (χ2v) is 2.58. The van der Waals surface area contributed by atoms with Crippen LogP contribution in [0.15, 0.2) is 12.2 Å². The molecule has 3 nitrogen and oxygen atoms in total. The minimum atomic E-state index is -0.103. The molecule has 0 rings (SSSR count). The van der Waals surface area contributed by atoms with Gasteiger partial charge in [0.15, 0.2) is 0 Å². The molecule has 0 saturated heterocycles. The zero-order valence-corrected chi connectivity index (χ0v) is 7.00. The van der Waals surface area contributed by atoms with Crippen LogP contribution in [0.4, 0.5) is 0 Å². The van der Waals surface area contributed by atoms with Crippen LogP contribution in [0.25, 0.3) is 0 Å². The van der Waals surface area contributed by atoms with Gasteiger partial charge in [0.25, 0.3) is 0 Å². The molecule has 0 bridgehead atoms. The number of aliphatic hydroxyl groups is 1. The van der Waals surface area contributed by atoms with E-state index in [0.29, 0.717) is 6.42 Å². The zero-order valence-electron chi connectivity index (χ0n) is 7.00. The molecule has 3 heteroatoms. The summed E-state index contributed by atoms with van der Waals surface area (Å²) < 4.78 is 0. The highest BCUT2D eigenvalue weighted by molar-refractivity contribution is 5.87. The highest BCUT2D eigenvalue weighted by Gasteiger charge is 1.95. The number of rotatable bonds is 4. The van der Waals surface area contributed by atoms with E-state index >= 15 is 0 Å². The standard InChI is InChI=1S/C8H15NO2/c1-7(2)9-8(11)5-3-4-6-10/h3,5,7,10H,4,6H2,1-2H3,(H,9,11)/b5-3-. The summed E-state index contributed by atoms with van der Waals surface area (Å²) in [5.41, 5.74) is 0. The van der Waals surface area contributed by atoms with Crippen molar-refractivity contribution in [3.8, 4) is 0 Å². The van der Waals surface area contributed by atoms with Gasteiger partial charge in [-0.15, -0.1) is 0 Å². The molecular formula is C8H15NO2.